The van der Waals surface area contributed by atoms with Crippen molar-refractivity contribution in [1.82, 2.24) is 5.32 Å². The average molecular weight is 292 g/mol. The van der Waals surface area contributed by atoms with Gasteiger partial charge in [0.25, 0.3) is 5.91 Å². The van der Waals surface area contributed by atoms with E-state index in [-0.39, 0.29) is 11.8 Å². The van der Waals surface area contributed by atoms with Gasteiger partial charge in [-0.1, -0.05) is 23.9 Å². The molecule has 0 saturated heterocycles. The van der Waals surface area contributed by atoms with E-state index in [4.69, 9.17) is 4.74 Å². The van der Waals surface area contributed by atoms with Gasteiger partial charge < -0.3 is 15.0 Å². The maximum atomic E-state index is 12.2. The molecule has 0 aromatic heterocycles. The Morgan fingerprint density at radius 3 is 2.95 bits per heavy atom. The van der Waals surface area contributed by atoms with Crippen LogP contribution < -0.4 is 10.2 Å². The first-order valence-electron chi connectivity index (χ1n) is 6.17. The Morgan fingerprint density at radius 1 is 1.45 bits per heavy atom. The molecule has 5 nitrogen and oxygen atoms in total. The van der Waals surface area contributed by atoms with Crippen molar-refractivity contribution in [2.75, 3.05) is 32.2 Å². The SMILES string of the molecule is COCCNC(=O)/C=C1/Sc2ccccc2N(C)C1=O. The molecule has 0 spiro atoms. The highest BCUT2D eigenvalue weighted by atomic mass is 32.2. The number of ether oxygens (including phenoxy) is 1. The predicted molar refractivity (Wildman–Crippen MR) is 78.7 cm³/mol. The molecule has 0 unspecified atom stereocenters. The van der Waals surface area contributed by atoms with E-state index in [1.165, 1.54) is 17.8 Å². The Morgan fingerprint density at radius 2 is 2.20 bits per heavy atom. The summed E-state index contributed by atoms with van der Waals surface area (Å²) in [5.74, 6) is -0.457. The Bertz CT molecular complexity index is 557. The quantitative estimate of drug-likeness (QED) is 0.673. The Hall–Kier alpha value is -1.79. The van der Waals surface area contributed by atoms with E-state index in [0.29, 0.717) is 18.1 Å². The van der Waals surface area contributed by atoms with Crippen LogP contribution in [0.2, 0.25) is 0 Å². The fraction of sp³-hybridized carbons (Fsp3) is 0.286. The number of rotatable bonds is 4. The van der Waals surface area contributed by atoms with E-state index >= 15 is 0 Å². The number of carbonyl (C=O) groups excluding carboxylic acids is 2. The Labute approximate surface area is 122 Å². The molecular weight excluding hydrogens is 276 g/mol. The molecule has 0 bridgehead atoms. The van der Waals surface area contributed by atoms with Crippen LogP contribution in [0.1, 0.15) is 0 Å². The topological polar surface area (TPSA) is 58.6 Å². The summed E-state index contributed by atoms with van der Waals surface area (Å²) in [4.78, 5) is 26.8. The van der Waals surface area contributed by atoms with Gasteiger partial charge >= 0.3 is 0 Å². The van der Waals surface area contributed by atoms with Gasteiger partial charge in [-0.2, -0.15) is 0 Å². The lowest BCUT2D eigenvalue weighted by Gasteiger charge is -2.26. The van der Waals surface area contributed by atoms with E-state index < -0.39 is 0 Å². The summed E-state index contributed by atoms with van der Waals surface area (Å²) in [6.07, 6.45) is 1.34. The molecule has 2 rings (SSSR count). The van der Waals surface area contributed by atoms with Gasteiger partial charge in [-0.15, -0.1) is 0 Å². The molecule has 1 aromatic rings. The van der Waals surface area contributed by atoms with Crippen LogP contribution in [-0.4, -0.2) is 39.1 Å². The van der Waals surface area contributed by atoms with E-state index in [2.05, 4.69) is 5.32 Å². The zero-order valence-electron chi connectivity index (χ0n) is 11.4. The number of methoxy groups -OCH3 is 1. The van der Waals surface area contributed by atoms with Crippen LogP contribution in [0.25, 0.3) is 0 Å². The van der Waals surface area contributed by atoms with Crippen molar-refractivity contribution in [2.24, 2.45) is 0 Å². The van der Waals surface area contributed by atoms with Crippen molar-refractivity contribution < 1.29 is 14.3 Å². The molecule has 2 amide bonds. The maximum Gasteiger partial charge on any atom is 0.265 e. The number of anilines is 1. The lowest BCUT2D eigenvalue weighted by Crippen LogP contribution is -2.32. The highest BCUT2D eigenvalue weighted by Gasteiger charge is 2.26. The summed E-state index contributed by atoms with van der Waals surface area (Å²) >= 11 is 1.31. The number of benzene rings is 1. The minimum absolute atomic E-state index is 0.171. The van der Waals surface area contributed by atoms with Gasteiger partial charge in [-0.3, -0.25) is 9.59 Å². The van der Waals surface area contributed by atoms with Crippen molar-refractivity contribution in [3.8, 4) is 0 Å². The smallest absolute Gasteiger partial charge is 0.265 e. The Kier molecular flexibility index (Phi) is 4.81. The van der Waals surface area contributed by atoms with Crippen molar-refractivity contribution in [2.45, 2.75) is 4.90 Å². The van der Waals surface area contributed by atoms with Crippen LogP contribution in [0.15, 0.2) is 40.1 Å². The molecule has 20 heavy (non-hydrogen) atoms. The first-order chi connectivity index (χ1) is 9.63. The van der Waals surface area contributed by atoms with Crippen molar-refractivity contribution in [3.05, 3.63) is 35.2 Å². The zero-order valence-corrected chi connectivity index (χ0v) is 12.2. The molecule has 0 radical (unpaired) electrons. The van der Waals surface area contributed by atoms with Gasteiger partial charge in [0.1, 0.15) is 0 Å². The molecule has 0 atom stereocenters. The second-order valence-corrected chi connectivity index (χ2v) is 5.31. The van der Waals surface area contributed by atoms with Gasteiger partial charge in [-0.25, -0.2) is 0 Å². The van der Waals surface area contributed by atoms with Gasteiger partial charge in [0, 0.05) is 31.7 Å². The highest BCUT2D eigenvalue weighted by molar-refractivity contribution is 8.04. The number of amides is 2. The number of para-hydroxylation sites is 1. The van der Waals surface area contributed by atoms with Crippen LogP contribution >= 0.6 is 11.8 Å². The van der Waals surface area contributed by atoms with Crippen molar-refractivity contribution in [3.63, 3.8) is 0 Å². The van der Waals surface area contributed by atoms with Crippen LogP contribution in [-0.2, 0) is 14.3 Å². The van der Waals surface area contributed by atoms with Crippen LogP contribution in [0.4, 0.5) is 5.69 Å². The van der Waals surface area contributed by atoms with Crippen molar-refractivity contribution >= 4 is 29.3 Å². The van der Waals surface area contributed by atoms with E-state index in [0.717, 1.165) is 10.6 Å². The van der Waals surface area contributed by atoms with Crippen molar-refractivity contribution in [1.29, 1.82) is 0 Å². The lowest BCUT2D eigenvalue weighted by molar-refractivity contribution is -0.118. The summed E-state index contributed by atoms with van der Waals surface area (Å²) in [6.45, 7) is 0.864. The van der Waals surface area contributed by atoms with E-state index in [1.54, 1.807) is 19.1 Å². The summed E-state index contributed by atoms with van der Waals surface area (Å²) in [7, 11) is 3.27. The number of thioether (sulfide) groups is 1. The van der Waals surface area contributed by atoms with Gasteiger partial charge in [0.15, 0.2) is 0 Å². The normalized spacial score (nSPS) is 16.2. The number of nitrogens with zero attached hydrogens (tertiary/aromatic N) is 1. The lowest BCUT2D eigenvalue weighted by atomic mass is 10.2. The number of fused-ring (bicyclic) bond motifs is 1. The first kappa shape index (κ1) is 14.6. The van der Waals surface area contributed by atoms with E-state index in [9.17, 15) is 9.59 Å². The minimum Gasteiger partial charge on any atom is -0.383 e. The predicted octanol–water partition coefficient (Wildman–Crippen LogP) is 1.40. The number of carbonyl (C=O) groups is 2. The molecule has 0 fully saturated rings. The first-order valence-corrected chi connectivity index (χ1v) is 6.98. The number of nitrogens with one attached hydrogen (secondary N) is 1. The van der Waals surface area contributed by atoms with Gasteiger partial charge in [0.2, 0.25) is 5.91 Å². The molecule has 0 saturated carbocycles. The summed E-state index contributed by atoms with van der Waals surface area (Å²) in [5.41, 5.74) is 0.861. The molecule has 106 valence electrons. The Balaban J connectivity index is 2.14. The summed E-state index contributed by atoms with van der Waals surface area (Å²) in [6, 6.07) is 7.61. The molecule has 0 aliphatic carbocycles. The third kappa shape index (κ3) is 3.20. The van der Waals surface area contributed by atoms with Gasteiger partial charge in [0.05, 0.1) is 17.2 Å². The largest absolute Gasteiger partial charge is 0.383 e. The second-order valence-electron chi connectivity index (χ2n) is 4.23. The number of likely N-dealkylation sites (N-methyl/N-ethyl adjacent to an activating group) is 1. The molecule has 1 aliphatic heterocycles. The highest BCUT2D eigenvalue weighted by Crippen LogP contribution is 2.40. The second kappa shape index (κ2) is 6.58. The molecule has 1 aromatic carbocycles. The third-order valence-corrected chi connectivity index (χ3v) is 3.91. The van der Waals surface area contributed by atoms with Gasteiger partial charge in [-0.05, 0) is 12.1 Å². The summed E-state index contributed by atoms with van der Waals surface area (Å²) in [5, 5.41) is 2.67. The average Bonchev–Trinajstić information content (AvgIpc) is 2.45. The number of hydrogen-bond donors (Lipinski definition) is 1. The third-order valence-electron chi connectivity index (χ3n) is 2.83. The van der Waals surface area contributed by atoms with Crippen LogP contribution in [0.5, 0.6) is 0 Å². The molecule has 1 aliphatic rings. The molecular formula is C14H16N2O3S. The molecule has 1 heterocycles. The number of hydrogen-bond acceptors (Lipinski definition) is 4. The zero-order chi connectivity index (χ0) is 14.5. The standard InChI is InChI=1S/C14H16N2O3S/c1-16-10-5-3-4-6-11(10)20-12(14(16)18)9-13(17)15-7-8-19-2/h3-6,9H,7-8H2,1-2H3,(H,15,17)/b12-9+. The minimum atomic E-state index is -0.286. The maximum absolute atomic E-state index is 12.2. The fourth-order valence-corrected chi connectivity index (χ4v) is 2.88. The fourth-order valence-electron chi connectivity index (χ4n) is 1.79. The van der Waals surface area contributed by atoms with E-state index in [1.807, 2.05) is 24.3 Å². The van der Waals surface area contributed by atoms with Crippen LogP contribution in [0.3, 0.4) is 0 Å². The molecule has 6 heteroatoms. The summed E-state index contributed by atoms with van der Waals surface area (Å²) < 4.78 is 4.85. The monoisotopic (exact) mass is 292 g/mol. The van der Waals surface area contributed by atoms with Crippen LogP contribution in [0, 0.1) is 0 Å². The molecule has 1 N–H and O–H groups in total.